The zero-order valence-electron chi connectivity index (χ0n) is 16.0. The molecule has 1 aliphatic rings. The van der Waals surface area contributed by atoms with Crippen LogP contribution in [0.25, 0.3) is 10.9 Å². The number of hydrogen-bond acceptors (Lipinski definition) is 6. The molecule has 6 heteroatoms. The standard InChI is InChI=1S/C22H24N2O4/c1-25-20-13-18-19(14-21(20)27-12-11-26-16-7-5-6-8-16)23-15-24-22(18)28-17-9-3-2-4-10-17/h2-4,9-10,13-16H,5-8,11-12H2,1H3. The molecule has 1 fully saturated rings. The third-order valence-electron chi connectivity index (χ3n) is 4.84. The van der Waals surface area contributed by atoms with Crippen molar-refractivity contribution in [1.29, 1.82) is 0 Å². The van der Waals surface area contributed by atoms with Crippen LogP contribution < -0.4 is 14.2 Å². The Morgan fingerprint density at radius 2 is 1.79 bits per heavy atom. The van der Waals surface area contributed by atoms with Crippen LogP contribution in [0.5, 0.6) is 23.1 Å². The highest BCUT2D eigenvalue weighted by atomic mass is 16.5. The van der Waals surface area contributed by atoms with Gasteiger partial charge in [-0.1, -0.05) is 31.0 Å². The largest absolute Gasteiger partial charge is 0.493 e. The van der Waals surface area contributed by atoms with Gasteiger partial charge in [0.25, 0.3) is 0 Å². The van der Waals surface area contributed by atoms with Gasteiger partial charge in [0.2, 0.25) is 5.88 Å². The molecule has 146 valence electrons. The number of ether oxygens (including phenoxy) is 4. The molecular weight excluding hydrogens is 356 g/mol. The van der Waals surface area contributed by atoms with Crippen molar-refractivity contribution < 1.29 is 18.9 Å². The molecule has 0 amide bonds. The van der Waals surface area contributed by atoms with E-state index < -0.39 is 0 Å². The van der Waals surface area contributed by atoms with E-state index in [9.17, 15) is 0 Å². The molecule has 0 bridgehead atoms. The van der Waals surface area contributed by atoms with Crippen molar-refractivity contribution in [3.05, 3.63) is 48.8 Å². The van der Waals surface area contributed by atoms with Gasteiger partial charge in [-0.15, -0.1) is 0 Å². The smallest absolute Gasteiger partial charge is 0.230 e. The summed E-state index contributed by atoms with van der Waals surface area (Å²) in [5.41, 5.74) is 0.730. The van der Waals surface area contributed by atoms with Gasteiger partial charge in [-0.2, -0.15) is 0 Å². The minimum absolute atomic E-state index is 0.382. The quantitative estimate of drug-likeness (QED) is 0.525. The van der Waals surface area contributed by atoms with Gasteiger partial charge in [0.05, 0.1) is 30.7 Å². The van der Waals surface area contributed by atoms with E-state index in [0.717, 1.165) is 23.7 Å². The van der Waals surface area contributed by atoms with Crippen molar-refractivity contribution in [2.45, 2.75) is 31.8 Å². The maximum Gasteiger partial charge on any atom is 0.230 e. The van der Waals surface area contributed by atoms with Crippen molar-refractivity contribution in [3.8, 4) is 23.1 Å². The van der Waals surface area contributed by atoms with Crippen LogP contribution in [0.3, 0.4) is 0 Å². The van der Waals surface area contributed by atoms with Gasteiger partial charge in [0.15, 0.2) is 11.5 Å². The number of methoxy groups -OCH3 is 1. The average molecular weight is 380 g/mol. The normalized spacial score (nSPS) is 14.3. The summed E-state index contributed by atoms with van der Waals surface area (Å²) in [5, 5.41) is 0.762. The zero-order chi connectivity index (χ0) is 19.2. The van der Waals surface area contributed by atoms with Crippen molar-refractivity contribution in [3.63, 3.8) is 0 Å². The van der Waals surface area contributed by atoms with Crippen LogP contribution in [0.4, 0.5) is 0 Å². The molecule has 0 N–H and O–H groups in total. The topological polar surface area (TPSA) is 62.7 Å². The Morgan fingerprint density at radius 1 is 0.964 bits per heavy atom. The third kappa shape index (κ3) is 4.34. The second-order valence-corrected chi connectivity index (χ2v) is 6.74. The van der Waals surface area contributed by atoms with Crippen LogP contribution in [0.1, 0.15) is 25.7 Å². The highest BCUT2D eigenvalue weighted by Gasteiger charge is 2.16. The predicted molar refractivity (Wildman–Crippen MR) is 106 cm³/mol. The van der Waals surface area contributed by atoms with Gasteiger partial charge < -0.3 is 18.9 Å². The van der Waals surface area contributed by atoms with Crippen LogP contribution in [0, 0.1) is 0 Å². The first kappa shape index (κ1) is 18.5. The molecular formula is C22H24N2O4. The Labute approximate surface area is 164 Å². The van der Waals surface area contributed by atoms with Crippen LogP contribution in [0.2, 0.25) is 0 Å². The lowest BCUT2D eigenvalue weighted by Gasteiger charge is -2.15. The van der Waals surface area contributed by atoms with Crippen LogP contribution in [0.15, 0.2) is 48.8 Å². The lowest BCUT2D eigenvalue weighted by Crippen LogP contribution is -2.14. The number of benzene rings is 2. The highest BCUT2D eigenvalue weighted by Crippen LogP contribution is 2.36. The van der Waals surface area contributed by atoms with Crippen molar-refractivity contribution >= 4 is 10.9 Å². The molecule has 0 radical (unpaired) electrons. The SMILES string of the molecule is COc1cc2c(Oc3ccccc3)ncnc2cc1OCCOC1CCCC1. The Morgan fingerprint density at radius 3 is 2.57 bits per heavy atom. The van der Waals surface area contributed by atoms with Gasteiger partial charge in [0.1, 0.15) is 18.7 Å². The van der Waals surface area contributed by atoms with E-state index in [1.807, 2.05) is 42.5 Å². The molecule has 1 saturated carbocycles. The van der Waals surface area contributed by atoms with E-state index in [1.165, 1.54) is 19.2 Å². The lowest BCUT2D eigenvalue weighted by molar-refractivity contribution is 0.0378. The molecule has 2 aromatic carbocycles. The van der Waals surface area contributed by atoms with Gasteiger partial charge in [-0.25, -0.2) is 9.97 Å². The molecule has 1 heterocycles. The third-order valence-corrected chi connectivity index (χ3v) is 4.84. The maximum absolute atomic E-state index is 5.92. The Kier molecular flexibility index (Phi) is 5.87. The first-order valence-electron chi connectivity index (χ1n) is 9.63. The number of rotatable bonds is 8. The van der Waals surface area contributed by atoms with E-state index >= 15 is 0 Å². The van der Waals surface area contributed by atoms with E-state index in [1.54, 1.807) is 7.11 Å². The second-order valence-electron chi connectivity index (χ2n) is 6.74. The van der Waals surface area contributed by atoms with Crippen molar-refractivity contribution in [1.82, 2.24) is 9.97 Å². The summed E-state index contributed by atoms with van der Waals surface area (Å²) in [6.07, 6.45) is 6.70. The molecule has 0 aliphatic heterocycles. The summed E-state index contributed by atoms with van der Waals surface area (Å²) in [4.78, 5) is 8.63. The van der Waals surface area contributed by atoms with Crippen LogP contribution in [-0.2, 0) is 4.74 Å². The molecule has 1 aromatic heterocycles. The summed E-state index contributed by atoms with van der Waals surface area (Å²) in [7, 11) is 1.62. The fourth-order valence-corrected chi connectivity index (χ4v) is 3.42. The second kappa shape index (κ2) is 8.89. The summed E-state index contributed by atoms with van der Waals surface area (Å²) in [6, 6.07) is 13.2. The van der Waals surface area contributed by atoms with Crippen LogP contribution in [-0.4, -0.2) is 36.4 Å². The number of hydrogen-bond donors (Lipinski definition) is 0. The first-order chi connectivity index (χ1) is 13.8. The monoisotopic (exact) mass is 380 g/mol. The van der Waals surface area contributed by atoms with Crippen molar-refractivity contribution in [2.75, 3.05) is 20.3 Å². The van der Waals surface area contributed by atoms with E-state index in [0.29, 0.717) is 42.4 Å². The molecule has 0 spiro atoms. The van der Waals surface area contributed by atoms with E-state index in [2.05, 4.69) is 9.97 Å². The molecule has 4 rings (SSSR count). The first-order valence-corrected chi connectivity index (χ1v) is 9.63. The summed E-state index contributed by atoms with van der Waals surface area (Å²) < 4.78 is 23.2. The van der Waals surface area contributed by atoms with Gasteiger partial charge >= 0.3 is 0 Å². The predicted octanol–water partition coefficient (Wildman–Crippen LogP) is 4.77. The van der Waals surface area contributed by atoms with Gasteiger partial charge in [0, 0.05) is 6.07 Å². The Bertz CT molecular complexity index is 911. The average Bonchev–Trinajstić information content (AvgIpc) is 3.25. The zero-order valence-corrected chi connectivity index (χ0v) is 16.0. The molecule has 3 aromatic rings. The van der Waals surface area contributed by atoms with Crippen LogP contribution >= 0.6 is 0 Å². The van der Waals surface area contributed by atoms with Gasteiger partial charge in [-0.3, -0.25) is 0 Å². The Balaban J connectivity index is 1.50. The van der Waals surface area contributed by atoms with Crippen molar-refractivity contribution in [2.24, 2.45) is 0 Å². The lowest BCUT2D eigenvalue weighted by atomic mass is 10.2. The molecule has 1 aliphatic carbocycles. The minimum Gasteiger partial charge on any atom is -0.493 e. The molecule has 0 atom stereocenters. The number of nitrogens with zero attached hydrogens (tertiary/aromatic N) is 2. The van der Waals surface area contributed by atoms with E-state index in [-0.39, 0.29) is 0 Å². The highest BCUT2D eigenvalue weighted by molar-refractivity contribution is 5.87. The number of para-hydroxylation sites is 1. The Hall–Kier alpha value is -2.86. The molecule has 28 heavy (non-hydrogen) atoms. The van der Waals surface area contributed by atoms with Gasteiger partial charge in [-0.05, 0) is 31.0 Å². The summed E-state index contributed by atoms with van der Waals surface area (Å²) in [6.45, 7) is 1.04. The fraction of sp³-hybridized carbons (Fsp3) is 0.364. The minimum atomic E-state index is 0.382. The number of fused-ring (bicyclic) bond motifs is 1. The summed E-state index contributed by atoms with van der Waals surface area (Å²) >= 11 is 0. The molecule has 0 saturated heterocycles. The van der Waals surface area contributed by atoms with E-state index in [4.69, 9.17) is 18.9 Å². The maximum atomic E-state index is 5.92. The number of aromatic nitrogens is 2. The molecule has 6 nitrogen and oxygen atoms in total. The fourth-order valence-electron chi connectivity index (χ4n) is 3.42. The molecule has 0 unspecified atom stereocenters. The summed E-state index contributed by atoms with van der Waals surface area (Å²) in [5.74, 6) is 2.44.